The molecule has 1 nitrogen and oxygen atoms in total. The van der Waals surface area contributed by atoms with Gasteiger partial charge in [0.25, 0.3) is 0 Å². The smallest absolute Gasteiger partial charge is 0.146 e. The van der Waals surface area contributed by atoms with Crippen LogP contribution < -0.4 is 0 Å². The first-order chi connectivity index (χ1) is 6.91. The molecule has 0 aromatic heterocycles. The molecule has 0 aliphatic heterocycles. The second kappa shape index (κ2) is 3.07. The van der Waals surface area contributed by atoms with Crippen LogP contribution in [0.1, 0.15) is 27.7 Å². The summed E-state index contributed by atoms with van der Waals surface area (Å²) in [5.41, 5.74) is 2.52. The van der Waals surface area contributed by atoms with Crippen molar-refractivity contribution in [3.8, 4) is 0 Å². The van der Waals surface area contributed by atoms with Gasteiger partial charge in [-0.15, -0.1) is 0 Å². The van der Waals surface area contributed by atoms with Crippen molar-refractivity contribution in [1.29, 1.82) is 0 Å². The molecule has 0 N–H and O–H groups in total. The molecular weight excluding hydrogens is 184 g/mol. The third-order valence-electron chi connectivity index (χ3n) is 4.57. The van der Waals surface area contributed by atoms with E-state index < -0.39 is 0 Å². The van der Waals surface area contributed by atoms with Crippen molar-refractivity contribution >= 4 is 6.29 Å². The SMILES string of the molecule is C=C(C=O)C1C(C)=CC2C(C1C)C2(C)C. The van der Waals surface area contributed by atoms with E-state index >= 15 is 0 Å². The molecule has 0 aromatic rings. The lowest BCUT2D eigenvalue weighted by molar-refractivity contribution is -0.105. The van der Waals surface area contributed by atoms with Gasteiger partial charge >= 0.3 is 0 Å². The molecule has 15 heavy (non-hydrogen) atoms. The van der Waals surface area contributed by atoms with Crippen LogP contribution in [0.4, 0.5) is 0 Å². The Morgan fingerprint density at radius 1 is 1.53 bits per heavy atom. The fourth-order valence-corrected chi connectivity index (χ4v) is 3.75. The summed E-state index contributed by atoms with van der Waals surface area (Å²) >= 11 is 0. The van der Waals surface area contributed by atoms with E-state index in [2.05, 4.69) is 40.3 Å². The quantitative estimate of drug-likeness (QED) is 0.383. The minimum atomic E-state index is 0.283. The lowest BCUT2D eigenvalue weighted by Gasteiger charge is -2.28. The van der Waals surface area contributed by atoms with E-state index in [1.165, 1.54) is 5.57 Å². The highest BCUT2D eigenvalue weighted by Gasteiger charge is 2.61. The zero-order valence-corrected chi connectivity index (χ0v) is 10.1. The van der Waals surface area contributed by atoms with E-state index in [1.807, 2.05) is 0 Å². The van der Waals surface area contributed by atoms with E-state index in [9.17, 15) is 4.79 Å². The van der Waals surface area contributed by atoms with Gasteiger partial charge in [0, 0.05) is 5.92 Å². The van der Waals surface area contributed by atoms with Crippen LogP contribution in [0.3, 0.4) is 0 Å². The Labute approximate surface area is 92.3 Å². The second-order valence-electron chi connectivity index (χ2n) is 5.81. The largest absolute Gasteiger partial charge is 0.298 e. The van der Waals surface area contributed by atoms with E-state index in [4.69, 9.17) is 0 Å². The Morgan fingerprint density at radius 2 is 2.13 bits per heavy atom. The van der Waals surface area contributed by atoms with E-state index in [1.54, 1.807) is 0 Å². The van der Waals surface area contributed by atoms with Crippen molar-refractivity contribution in [2.24, 2.45) is 29.1 Å². The highest BCUT2D eigenvalue weighted by atomic mass is 16.1. The Morgan fingerprint density at radius 3 is 2.67 bits per heavy atom. The van der Waals surface area contributed by atoms with Crippen LogP contribution in [0, 0.1) is 29.1 Å². The van der Waals surface area contributed by atoms with Gasteiger partial charge < -0.3 is 0 Å². The highest BCUT2D eigenvalue weighted by molar-refractivity contribution is 5.74. The standard InChI is InChI=1S/C14H20O/c1-8-6-11-13(14(11,4)5)10(3)12(8)9(2)7-15/h6-7,10-13H,2H2,1,3-5H3. The first kappa shape index (κ1) is 10.7. The normalized spacial score (nSPS) is 41.5. The Balaban J connectivity index is 2.31. The molecule has 4 unspecified atom stereocenters. The monoisotopic (exact) mass is 204 g/mol. The first-order valence-electron chi connectivity index (χ1n) is 5.73. The summed E-state index contributed by atoms with van der Waals surface area (Å²) in [5.74, 6) is 2.31. The molecule has 2 rings (SSSR count). The van der Waals surface area contributed by atoms with Gasteiger partial charge in [-0.2, -0.15) is 0 Å². The van der Waals surface area contributed by atoms with Crippen LogP contribution in [-0.2, 0) is 4.79 Å². The third-order valence-corrected chi connectivity index (χ3v) is 4.57. The summed E-state index contributed by atoms with van der Waals surface area (Å²) < 4.78 is 0. The summed E-state index contributed by atoms with van der Waals surface area (Å²) in [6.45, 7) is 13.0. The first-order valence-corrected chi connectivity index (χ1v) is 5.73. The lowest BCUT2D eigenvalue weighted by atomic mass is 9.76. The molecule has 2 aliphatic carbocycles. The molecule has 1 saturated carbocycles. The molecule has 82 valence electrons. The van der Waals surface area contributed by atoms with Crippen LogP contribution in [0.5, 0.6) is 0 Å². The van der Waals surface area contributed by atoms with Gasteiger partial charge in [-0.3, -0.25) is 4.79 Å². The van der Waals surface area contributed by atoms with Crippen molar-refractivity contribution in [2.45, 2.75) is 27.7 Å². The van der Waals surface area contributed by atoms with Gasteiger partial charge in [-0.05, 0) is 35.7 Å². The van der Waals surface area contributed by atoms with Crippen molar-refractivity contribution < 1.29 is 4.79 Å². The molecule has 0 radical (unpaired) electrons. The summed E-state index contributed by atoms with van der Waals surface area (Å²) in [4.78, 5) is 10.9. The second-order valence-corrected chi connectivity index (χ2v) is 5.81. The number of carbonyl (C=O) groups excluding carboxylic acids is 1. The number of allylic oxidation sites excluding steroid dienone is 3. The molecule has 1 fully saturated rings. The molecule has 0 spiro atoms. The van der Waals surface area contributed by atoms with Gasteiger partial charge in [0.15, 0.2) is 0 Å². The topological polar surface area (TPSA) is 17.1 Å². The fraction of sp³-hybridized carbons (Fsp3) is 0.643. The van der Waals surface area contributed by atoms with Gasteiger partial charge in [0.05, 0.1) is 0 Å². The predicted molar refractivity (Wildman–Crippen MR) is 62.4 cm³/mol. The molecule has 0 saturated heterocycles. The van der Waals surface area contributed by atoms with E-state index in [0.29, 0.717) is 11.3 Å². The Bertz CT molecular complexity index is 348. The van der Waals surface area contributed by atoms with Crippen LogP contribution in [-0.4, -0.2) is 6.29 Å². The number of fused-ring (bicyclic) bond motifs is 1. The number of hydrogen-bond acceptors (Lipinski definition) is 1. The van der Waals surface area contributed by atoms with Gasteiger partial charge in [0.2, 0.25) is 0 Å². The van der Waals surface area contributed by atoms with Crippen LogP contribution >= 0.6 is 0 Å². The average molecular weight is 204 g/mol. The van der Waals surface area contributed by atoms with Gasteiger partial charge in [0.1, 0.15) is 6.29 Å². The van der Waals surface area contributed by atoms with E-state index in [0.717, 1.165) is 23.7 Å². The molecule has 0 bridgehead atoms. The molecule has 0 amide bonds. The third kappa shape index (κ3) is 1.32. The van der Waals surface area contributed by atoms with E-state index in [-0.39, 0.29) is 5.92 Å². The molecule has 1 heteroatoms. The minimum Gasteiger partial charge on any atom is -0.298 e. The summed E-state index contributed by atoms with van der Waals surface area (Å²) in [7, 11) is 0. The van der Waals surface area contributed by atoms with Crippen LogP contribution in [0.15, 0.2) is 23.8 Å². The molecule has 2 aliphatic rings. The van der Waals surface area contributed by atoms with Gasteiger partial charge in [-0.1, -0.05) is 39.0 Å². The van der Waals surface area contributed by atoms with Crippen molar-refractivity contribution in [1.82, 2.24) is 0 Å². The van der Waals surface area contributed by atoms with Crippen LogP contribution in [0.2, 0.25) is 0 Å². The minimum absolute atomic E-state index is 0.283. The molecular formula is C14H20O. The fourth-order valence-electron chi connectivity index (χ4n) is 3.75. The lowest BCUT2D eigenvalue weighted by Crippen LogP contribution is -2.22. The molecule has 0 aromatic carbocycles. The maximum Gasteiger partial charge on any atom is 0.146 e. The number of rotatable bonds is 2. The zero-order valence-electron chi connectivity index (χ0n) is 10.1. The zero-order chi connectivity index (χ0) is 11.4. The summed E-state index contributed by atoms with van der Waals surface area (Å²) in [5, 5.41) is 0. The van der Waals surface area contributed by atoms with Crippen molar-refractivity contribution in [3.05, 3.63) is 23.8 Å². The van der Waals surface area contributed by atoms with Crippen LogP contribution in [0.25, 0.3) is 0 Å². The molecule has 0 heterocycles. The van der Waals surface area contributed by atoms with Crippen molar-refractivity contribution in [3.63, 3.8) is 0 Å². The Kier molecular flexibility index (Phi) is 2.18. The van der Waals surface area contributed by atoms with Gasteiger partial charge in [-0.25, -0.2) is 0 Å². The highest BCUT2D eigenvalue weighted by Crippen LogP contribution is 2.67. The average Bonchev–Trinajstić information content (AvgIpc) is 2.68. The predicted octanol–water partition coefficient (Wildman–Crippen LogP) is 3.23. The number of carbonyl (C=O) groups is 1. The summed E-state index contributed by atoms with van der Waals surface area (Å²) in [6.07, 6.45) is 3.29. The number of aldehydes is 1. The summed E-state index contributed by atoms with van der Waals surface area (Å²) in [6, 6.07) is 0. The maximum absolute atomic E-state index is 10.9. The Hall–Kier alpha value is -0.850. The number of hydrogen-bond donors (Lipinski definition) is 0. The molecule has 4 atom stereocenters. The maximum atomic E-state index is 10.9. The van der Waals surface area contributed by atoms with Crippen molar-refractivity contribution in [2.75, 3.05) is 0 Å².